The zero-order valence-electron chi connectivity index (χ0n) is 12.3. The number of nitrogens with zero attached hydrogens (tertiary/aromatic N) is 3. The fraction of sp³-hybridized carbons (Fsp3) is 0.357. The molecular weight excluding hydrogens is 290 g/mol. The highest BCUT2D eigenvalue weighted by Gasteiger charge is 2.20. The Labute approximate surface area is 130 Å². The van der Waals surface area contributed by atoms with Crippen molar-refractivity contribution in [3.8, 4) is 5.69 Å². The monoisotopic (exact) mass is 309 g/mol. The molecule has 114 valence electrons. The van der Waals surface area contributed by atoms with Gasteiger partial charge < -0.3 is 11.1 Å². The number of halogens is 1. The van der Waals surface area contributed by atoms with Crippen LogP contribution in [0, 0.1) is 6.92 Å². The Hall–Kier alpha value is -1.92. The predicted octanol–water partition coefficient (Wildman–Crippen LogP) is 1.46. The Bertz CT molecular complexity index is 610. The maximum atomic E-state index is 12.2. The van der Waals surface area contributed by atoms with Gasteiger partial charge in [0, 0.05) is 17.6 Å². The van der Waals surface area contributed by atoms with Crippen molar-refractivity contribution in [3.63, 3.8) is 0 Å². The van der Waals surface area contributed by atoms with Crippen LogP contribution in [0.1, 0.15) is 29.8 Å². The van der Waals surface area contributed by atoms with Gasteiger partial charge in [0.2, 0.25) is 0 Å². The van der Waals surface area contributed by atoms with Gasteiger partial charge in [0.1, 0.15) is 12.7 Å². The Morgan fingerprint density at radius 3 is 2.67 bits per heavy atom. The number of amides is 1. The summed E-state index contributed by atoms with van der Waals surface area (Å²) >= 11 is 0. The van der Waals surface area contributed by atoms with Crippen LogP contribution in [0.4, 0.5) is 0 Å². The quantitative estimate of drug-likeness (QED) is 0.895. The Morgan fingerprint density at radius 1 is 1.43 bits per heavy atom. The van der Waals surface area contributed by atoms with Gasteiger partial charge in [0.15, 0.2) is 0 Å². The van der Waals surface area contributed by atoms with Gasteiger partial charge in [-0.15, -0.1) is 12.4 Å². The molecule has 0 atom stereocenters. The number of rotatable bonds is 4. The molecule has 1 amide bonds. The third-order valence-corrected chi connectivity index (χ3v) is 3.10. The van der Waals surface area contributed by atoms with E-state index in [1.807, 2.05) is 32.9 Å². The van der Waals surface area contributed by atoms with Crippen molar-refractivity contribution in [2.75, 3.05) is 6.54 Å². The highest BCUT2D eigenvalue weighted by molar-refractivity contribution is 5.96. The number of aromatic nitrogens is 3. The summed E-state index contributed by atoms with van der Waals surface area (Å²) < 4.78 is 1.65. The second-order valence-electron chi connectivity index (χ2n) is 5.38. The number of hydrogen-bond donors (Lipinski definition) is 2. The maximum absolute atomic E-state index is 12.2. The fourth-order valence-electron chi connectivity index (χ4n) is 1.81. The molecule has 0 aliphatic rings. The number of aryl methyl sites for hydroxylation is 1. The van der Waals surface area contributed by atoms with Crippen LogP contribution in [0.3, 0.4) is 0 Å². The van der Waals surface area contributed by atoms with Gasteiger partial charge >= 0.3 is 0 Å². The van der Waals surface area contributed by atoms with E-state index in [0.717, 1.165) is 11.3 Å². The second-order valence-corrected chi connectivity index (χ2v) is 5.38. The molecule has 0 radical (unpaired) electrons. The molecule has 21 heavy (non-hydrogen) atoms. The SMILES string of the molecule is Cc1cc(-n2cncn2)ccc1C(=O)NC(C)(C)CN.Cl. The van der Waals surface area contributed by atoms with Gasteiger partial charge in [0.05, 0.1) is 5.69 Å². The van der Waals surface area contributed by atoms with E-state index in [1.54, 1.807) is 17.1 Å². The van der Waals surface area contributed by atoms with E-state index in [0.29, 0.717) is 12.1 Å². The standard InChI is InChI=1S/C14H19N5O.ClH/c1-10-6-11(19-9-16-8-17-19)4-5-12(10)13(20)18-14(2,3)7-15;/h4-6,8-9H,7,15H2,1-3H3,(H,18,20);1H. The summed E-state index contributed by atoms with van der Waals surface area (Å²) in [4.78, 5) is 16.1. The van der Waals surface area contributed by atoms with E-state index in [9.17, 15) is 4.79 Å². The van der Waals surface area contributed by atoms with Crippen LogP contribution in [0.5, 0.6) is 0 Å². The minimum Gasteiger partial charge on any atom is -0.346 e. The Morgan fingerprint density at radius 2 is 2.14 bits per heavy atom. The molecule has 0 unspecified atom stereocenters. The molecule has 3 N–H and O–H groups in total. The number of carbonyl (C=O) groups is 1. The molecular formula is C14H20ClN5O. The van der Waals surface area contributed by atoms with E-state index in [-0.39, 0.29) is 18.3 Å². The van der Waals surface area contributed by atoms with Gasteiger partial charge in [-0.2, -0.15) is 5.10 Å². The molecule has 0 aliphatic carbocycles. The molecule has 0 saturated heterocycles. The number of hydrogen-bond acceptors (Lipinski definition) is 4. The van der Waals surface area contributed by atoms with E-state index < -0.39 is 5.54 Å². The van der Waals surface area contributed by atoms with Crippen LogP contribution >= 0.6 is 12.4 Å². The first-order chi connectivity index (χ1) is 9.43. The molecule has 0 aliphatic heterocycles. The average Bonchev–Trinajstić information content (AvgIpc) is 2.91. The summed E-state index contributed by atoms with van der Waals surface area (Å²) in [5, 5.41) is 6.98. The largest absolute Gasteiger partial charge is 0.346 e. The lowest BCUT2D eigenvalue weighted by Crippen LogP contribution is -2.49. The van der Waals surface area contributed by atoms with Crippen molar-refractivity contribution >= 4 is 18.3 Å². The van der Waals surface area contributed by atoms with Crippen molar-refractivity contribution in [2.45, 2.75) is 26.3 Å². The smallest absolute Gasteiger partial charge is 0.252 e. The first-order valence-electron chi connectivity index (χ1n) is 6.41. The van der Waals surface area contributed by atoms with Gasteiger partial charge in [-0.05, 0) is 44.5 Å². The summed E-state index contributed by atoms with van der Waals surface area (Å²) in [5.74, 6) is -0.122. The summed E-state index contributed by atoms with van der Waals surface area (Å²) in [6, 6.07) is 5.53. The van der Waals surface area contributed by atoms with Gasteiger partial charge in [-0.25, -0.2) is 9.67 Å². The lowest BCUT2D eigenvalue weighted by molar-refractivity contribution is 0.0915. The van der Waals surface area contributed by atoms with Crippen LogP contribution in [-0.4, -0.2) is 32.8 Å². The third-order valence-electron chi connectivity index (χ3n) is 3.10. The molecule has 1 heterocycles. The van der Waals surface area contributed by atoms with Crippen molar-refractivity contribution in [3.05, 3.63) is 42.0 Å². The van der Waals surface area contributed by atoms with Crippen molar-refractivity contribution in [1.82, 2.24) is 20.1 Å². The molecule has 7 heteroatoms. The lowest BCUT2D eigenvalue weighted by atomic mass is 10.0. The minimum absolute atomic E-state index is 0. The number of benzene rings is 1. The number of nitrogens with two attached hydrogens (primary N) is 1. The van der Waals surface area contributed by atoms with Crippen molar-refractivity contribution in [1.29, 1.82) is 0 Å². The molecule has 0 fully saturated rings. The molecule has 6 nitrogen and oxygen atoms in total. The Kier molecular flexibility index (Phi) is 5.46. The molecule has 0 bridgehead atoms. The van der Waals surface area contributed by atoms with Crippen molar-refractivity contribution in [2.24, 2.45) is 5.73 Å². The van der Waals surface area contributed by atoms with E-state index in [4.69, 9.17) is 5.73 Å². The number of nitrogens with one attached hydrogen (secondary N) is 1. The predicted molar refractivity (Wildman–Crippen MR) is 83.9 cm³/mol. The zero-order chi connectivity index (χ0) is 14.8. The first-order valence-corrected chi connectivity index (χ1v) is 6.41. The summed E-state index contributed by atoms with van der Waals surface area (Å²) in [6.45, 7) is 6.06. The highest BCUT2D eigenvalue weighted by Crippen LogP contribution is 2.15. The minimum atomic E-state index is -0.423. The average molecular weight is 310 g/mol. The van der Waals surface area contributed by atoms with Crippen LogP contribution < -0.4 is 11.1 Å². The van der Waals surface area contributed by atoms with Gasteiger partial charge in [-0.3, -0.25) is 4.79 Å². The second kappa shape index (κ2) is 6.69. The molecule has 2 aromatic rings. The van der Waals surface area contributed by atoms with Crippen molar-refractivity contribution < 1.29 is 4.79 Å². The third kappa shape index (κ3) is 4.03. The van der Waals surface area contributed by atoms with Gasteiger partial charge in [0.25, 0.3) is 5.91 Å². The maximum Gasteiger partial charge on any atom is 0.252 e. The molecule has 1 aromatic heterocycles. The highest BCUT2D eigenvalue weighted by atomic mass is 35.5. The van der Waals surface area contributed by atoms with Crippen LogP contribution in [0.25, 0.3) is 5.69 Å². The summed E-state index contributed by atoms with van der Waals surface area (Å²) in [5.41, 5.74) is 7.59. The van der Waals surface area contributed by atoms with E-state index in [1.165, 1.54) is 6.33 Å². The van der Waals surface area contributed by atoms with E-state index in [2.05, 4.69) is 15.4 Å². The zero-order valence-corrected chi connectivity index (χ0v) is 13.1. The topological polar surface area (TPSA) is 85.8 Å². The Balaban J connectivity index is 0.00000220. The fourth-order valence-corrected chi connectivity index (χ4v) is 1.81. The summed E-state index contributed by atoms with van der Waals surface area (Å²) in [7, 11) is 0. The van der Waals surface area contributed by atoms with Crippen LogP contribution in [-0.2, 0) is 0 Å². The molecule has 0 saturated carbocycles. The number of carbonyl (C=O) groups excluding carboxylic acids is 1. The molecule has 1 aromatic carbocycles. The molecule has 2 rings (SSSR count). The lowest BCUT2D eigenvalue weighted by Gasteiger charge is -2.24. The summed E-state index contributed by atoms with van der Waals surface area (Å²) in [6.07, 6.45) is 3.09. The van der Waals surface area contributed by atoms with Crippen LogP contribution in [0.15, 0.2) is 30.9 Å². The first kappa shape index (κ1) is 17.1. The van der Waals surface area contributed by atoms with Gasteiger partial charge in [-0.1, -0.05) is 0 Å². The van der Waals surface area contributed by atoms with E-state index >= 15 is 0 Å². The normalized spacial score (nSPS) is 10.9. The van der Waals surface area contributed by atoms with Crippen LogP contribution in [0.2, 0.25) is 0 Å². The molecule has 0 spiro atoms.